The van der Waals surface area contributed by atoms with Crippen molar-refractivity contribution in [3.05, 3.63) is 36.0 Å². The number of fused-ring (bicyclic) bond motifs is 1. The number of aromatic nitrogens is 1. The second-order valence-electron chi connectivity index (χ2n) is 6.24. The van der Waals surface area contributed by atoms with Gasteiger partial charge in [-0.15, -0.1) is 0 Å². The van der Waals surface area contributed by atoms with Crippen molar-refractivity contribution in [3.8, 4) is 0 Å². The lowest BCUT2D eigenvalue weighted by Gasteiger charge is -2.18. The summed E-state index contributed by atoms with van der Waals surface area (Å²) in [4.78, 5) is 37.7. The number of carboxylic acids is 1. The summed E-state index contributed by atoms with van der Waals surface area (Å²) >= 11 is 0. The van der Waals surface area contributed by atoms with Crippen LogP contribution < -0.4 is 10.6 Å². The maximum Gasteiger partial charge on any atom is 0.309 e. The zero-order chi connectivity index (χ0) is 17.7. The van der Waals surface area contributed by atoms with Crippen LogP contribution in [0.5, 0.6) is 0 Å². The predicted octanol–water partition coefficient (Wildman–Crippen LogP) is 1.51. The molecule has 1 aromatic carbocycles. The average Bonchev–Trinajstić information content (AvgIpc) is 2.96. The molecule has 24 heavy (non-hydrogen) atoms. The first kappa shape index (κ1) is 17.5. The van der Waals surface area contributed by atoms with E-state index in [1.54, 1.807) is 19.9 Å². The normalized spacial score (nSPS) is 11.2. The number of carbonyl (C=O) groups is 3. The van der Waals surface area contributed by atoms with Gasteiger partial charge >= 0.3 is 5.97 Å². The lowest BCUT2D eigenvalue weighted by Crippen LogP contribution is -2.39. The van der Waals surface area contributed by atoms with Gasteiger partial charge in [0.2, 0.25) is 5.91 Å². The lowest BCUT2D eigenvalue weighted by atomic mass is 9.90. The molecule has 0 saturated carbocycles. The minimum atomic E-state index is -0.913. The topological polar surface area (TPSA) is 111 Å². The van der Waals surface area contributed by atoms with Crippen LogP contribution in [0.1, 0.15) is 30.8 Å². The Labute approximate surface area is 139 Å². The highest BCUT2D eigenvalue weighted by atomic mass is 16.4. The van der Waals surface area contributed by atoms with E-state index in [4.69, 9.17) is 5.11 Å². The third-order valence-corrected chi connectivity index (χ3v) is 3.84. The molecule has 7 heteroatoms. The van der Waals surface area contributed by atoms with Gasteiger partial charge in [0.15, 0.2) is 0 Å². The summed E-state index contributed by atoms with van der Waals surface area (Å²) in [6.45, 7) is 3.26. The third kappa shape index (κ3) is 4.34. The first-order valence-corrected chi connectivity index (χ1v) is 7.65. The zero-order valence-corrected chi connectivity index (χ0v) is 13.7. The van der Waals surface area contributed by atoms with Crippen molar-refractivity contribution in [1.29, 1.82) is 0 Å². The molecule has 0 bridgehead atoms. The second kappa shape index (κ2) is 7.16. The van der Waals surface area contributed by atoms with Gasteiger partial charge in [0.25, 0.3) is 5.91 Å². The third-order valence-electron chi connectivity index (χ3n) is 3.84. The molecule has 0 spiro atoms. The van der Waals surface area contributed by atoms with E-state index >= 15 is 0 Å². The van der Waals surface area contributed by atoms with E-state index < -0.39 is 11.4 Å². The molecular formula is C17H21N3O4. The molecule has 1 heterocycles. The zero-order valence-electron chi connectivity index (χ0n) is 13.7. The largest absolute Gasteiger partial charge is 0.481 e. The van der Waals surface area contributed by atoms with Crippen LogP contribution in [0.2, 0.25) is 0 Å². The smallest absolute Gasteiger partial charge is 0.309 e. The quantitative estimate of drug-likeness (QED) is 0.616. The monoisotopic (exact) mass is 331 g/mol. The van der Waals surface area contributed by atoms with Gasteiger partial charge in [-0.2, -0.15) is 0 Å². The molecule has 0 radical (unpaired) electrons. The number of H-pyrrole nitrogens is 1. The number of hydrogen-bond acceptors (Lipinski definition) is 3. The number of carbonyl (C=O) groups excluding carboxylic acids is 2. The van der Waals surface area contributed by atoms with Crippen molar-refractivity contribution in [2.24, 2.45) is 5.41 Å². The highest BCUT2D eigenvalue weighted by molar-refractivity contribution is 5.99. The maximum atomic E-state index is 12.0. The molecule has 2 aromatic rings. The van der Waals surface area contributed by atoms with Gasteiger partial charge in [0, 0.05) is 17.4 Å². The standard InChI is InChI=1S/C17H21N3O4/c1-17(2,16(23)24)7-8-18-14(21)10-19-15(22)13-9-11-5-3-4-6-12(11)20-13/h3-6,9,20H,7-8,10H2,1-2H3,(H,18,21)(H,19,22)(H,23,24). The van der Waals surface area contributed by atoms with Gasteiger partial charge in [0.05, 0.1) is 12.0 Å². The molecule has 0 saturated heterocycles. The highest BCUT2D eigenvalue weighted by Gasteiger charge is 2.26. The van der Waals surface area contributed by atoms with E-state index in [-0.39, 0.29) is 24.9 Å². The van der Waals surface area contributed by atoms with Crippen LogP contribution in [0.25, 0.3) is 10.9 Å². The van der Waals surface area contributed by atoms with Gasteiger partial charge in [0.1, 0.15) is 5.69 Å². The van der Waals surface area contributed by atoms with Crippen LogP contribution in [-0.2, 0) is 9.59 Å². The number of aromatic amines is 1. The molecule has 7 nitrogen and oxygen atoms in total. The van der Waals surface area contributed by atoms with E-state index in [1.165, 1.54) is 0 Å². The van der Waals surface area contributed by atoms with Crippen molar-refractivity contribution in [1.82, 2.24) is 15.6 Å². The summed E-state index contributed by atoms with van der Waals surface area (Å²) < 4.78 is 0. The number of rotatable bonds is 7. The van der Waals surface area contributed by atoms with E-state index in [0.29, 0.717) is 12.1 Å². The Morgan fingerprint density at radius 3 is 2.54 bits per heavy atom. The molecule has 0 fully saturated rings. The van der Waals surface area contributed by atoms with Gasteiger partial charge in [-0.05, 0) is 32.4 Å². The highest BCUT2D eigenvalue weighted by Crippen LogP contribution is 2.19. The fraction of sp³-hybridized carbons (Fsp3) is 0.353. The summed E-state index contributed by atoms with van der Waals surface area (Å²) in [5.41, 5.74) is 0.333. The summed E-state index contributed by atoms with van der Waals surface area (Å²) in [5, 5.41) is 15.0. The number of amides is 2. The fourth-order valence-corrected chi connectivity index (χ4v) is 2.14. The van der Waals surface area contributed by atoms with Gasteiger partial charge < -0.3 is 20.7 Å². The summed E-state index contributed by atoms with van der Waals surface area (Å²) in [5.74, 6) is -1.64. The maximum absolute atomic E-state index is 12.0. The Morgan fingerprint density at radius 2 is 1.88 bits per heavy atom. The summed E-state index contributed by atoms with van der Waals surface area (Å²) in [7, 11) is 0. The van der Waals surface area contributed by atoms with E-state index in [0.717, 1.165) is 10.9 Å². The van der Waals surface area contributed by atoms with Crippen molar-refractivity contribution in [3.63, 3.8) is 0 Å². The van der Waals surface area contributed by atoms with E-state index in [1.807, 2.05) is 24.3 Å². The Hall–Kier alpha value is -2.83. The fourth-order valence-electron chi connectivity index (χ4n) is 2.14. The number of carboxylic acid groups (broad SMARTS) is 1. The van der Waals surface area contributed by atoms with Crippen LogP contribution in [-0.4, -0.2) is 41.0 Å². The van der Waals surface area contributed by atoms with Crippen LogP contribution in [0.4, 0.5) is 0 Å². The van der Waals surface area contributed by atoms with E-state index in [2.05, 4.69) is 15.6 Å². The average molecular weight is 331 g/mol. The van der Waals surface area contributed by atoms with Crippen LogP contribution in [0.15, 0.2) is 30.3 Å². The number of para-hydroxylation sites is 1. The second-order valence-corrected chi connectivity index (χ2v) is 6.24. The molecule has 2 amide bonds. The SMILES string of the molecule is CC(C)(CCNC(=O)CNC(=O)c1cc2ccccc2[nH]1)C(=O)O. The molecule has 128 valence electrons. The first-order valence-electron chi connectivity index (χ1n) is 7.65. The number of benzene rings is 1. The molecule has 4 N–H and O–H groups in total. The van der Waals surface area contributed by atoms with E-state index in [9.17, 15) is 14.4 Å². The van der Waals surface area contributed by atoms with Crippen LogP contribution >= 0.6 is 0 Å². The molecular weight excluding hydrogens is 310 g/mol. The van der Waals surface area contributed by atoms with Crippen molar-refractivity contribution < 1.29 is 19.5 Å². The number of aliphatic carboxylic acids is 1. The molecule has 0 aliphatic rings. The molecule has 1 aromatic heterocycles. The lowest BCUT2D eigenvalue weighted by molar-refractivity contribution is -0.147. The molecule has 0 atom stereocenters. The molecule has 0 unspecified atom stereocenters. The Balaban J connectivity index is 1.79. The van der Waals surface area contributed by atoms with Crippen LogP contribution in [0.3, 0.4) is 0 Å². The Morgan fingerprint density at radius 1 is 1.17 bits per heavy atom. The van der Waals surface area contributed by atoms with Crippen molar-refractivity contribution in [2.75, 3.05) is 13.1 Å². The first-order chi connectivity index (χ1) is 11.3. The van der Waals surface area contributed by atoms with Gasteiger partial charge in [-0.3, -0.25) is 14.4 Å². The molecule has 2 rings (SSSR count). The minimum Gasteiger partial charge on any atom is -0.481 e. The molecule has 0 aliphatic heterocycles. The van der Waals surface area contributed by atoms with Crippen molar-refractivity contribution >= 4 is 28.7 Å². The summed E-state index contributed by atoms with van der Waals surface area (Å²) in [6.07, 6.45) is 0.310. The van der Waals surface area contributed by atoms with Gasteiger partial charge in [-0.1, -0.05) is 18.2 Å². The Kier molecular flexibility index (Phi) is 5.23. The van der Waals surface area contributed by atoms with Crippen LogP contribution in [0, 0.1) is 5.41 Å². The predicted molar refractivity (Wildman–Crippen MR) is 89.7 cm³/mol. The van der Waals surface area contributed by atoms with Crippen molar-refractivity contribution in [2.45, 2.75) is 20.3 Å². The molecule has 0 aliphatic carbocycles. The number of nitrogens with one attached hydrogen (secondary N) is 3. The van der Waals surface area contributed by atoms with Gasteiger partial charge in [-0.25, -0.2) is 0 Å². The summed E-state index contributed by atoms with van der Waals surface area (Å²) in [6, 6.07) is 9.22. The Bertz CT molecular complexity index is 731. The number of hydrogen-bond donors (Lipinski definition) is 4. The minimum absolute atomic E-state index is 0.165.